The molecular formula is C10H8Cl2N4O. The monoisotopic (exact) mass is 270 g/mol. The number of nitrogens with one attached hydrogen (secondary N) is 1. The number of benzene rings is 1. The zero-order valence-corrected chi connectivity index (χ0v) is 10.0. The van der Waals surface area contributed by atoms with Gasteiger partial charge >= 0.3 is 0 Å². The third kappa shape index (κ3) is 2.20. The second kappa shape index (κ2) is 4.65. The molecule has 1 aromatic carbocycles. The van der Waals surface area contributed by atoms with E-state index in [1.54, 1.807) is 18.2 Å². The maximum atomic E-state index is 10.3. The van der Waals surface area contributed by atoms with E-state index in [1.165, 1.54) is 10.9 Å². The van der Waals surface area contributed by atoms with Crippen LogP contribution in [0.1, 0.15) is 0 Å². The van der Waals surface area contributed by atoms with Gasteiger partial charge in [-0.05, 0) is 18.2 Å². The summed E-state index contributed by atoms with van der Waals surface area (Å²) in [6.45, 7) is 0. The van der Waals surface area contributed by atoms with Crippen LogP contribution in [0.15, 0.2) is 24.4 Å². The number of carbonyl (C=O) groups is 1. The Hall–Kier alpha value is -1.72. The van der Waals surface area contributed by atoms with Gasteiger partial charge in [0, 0.05) is 5.02 Å². The lowest BCUT2D eigenvalue weighted by molar-refractivity contribution is -0.105. The third-order valence-electron chi connectivity index (χ3n) is 2.16. The summed E-state index contributed by atoms with van der Waals surface area (Å²) >= 11 is 11.9. The van der Waals surface area contributed by atoms with Gasteiger partial charge in [-0.1, -0.05) is 23.2 Å². The molecule has 88 valence electrons. The Kier molecular flexibility index (Phi) is 3.21. The molecule has 0 aliphatic rings. The average Bonchev–Trinajstić information content (AvgIpc) is 2.65. The van der Waals surface area contributed by atoms with E-state index in [9.17, 15) is 4.79 Å². The number of amides is 1. The summed E-state index contributed by atoms with van der Waals surface area (Å²) in [4.78, 5) is 10.3. The summed E-state index contributed by atoms with van der Waals surface area (Å²) in [5.41, 5.74) is 6.78. The highest BCUT2D eigenvalue weighted by Gasteiger charge is 2.11. The summed E-state index contributed by atoms with van der Waals surface area (Å²) < 4.78 is 1.40. The number of nitrogens with two attached hydrogens (primary N) is 1. The van der Waals surface area contributed by atoms with Crippen molar-refractivity contribution in [2.75, 3.05) is 11.1 Å². The number of rotatable bonds is 3. The van der Waals surface area contributed by atoms with E-state index < -0.39 is 0 Å². The third-order valence-corrected chi connectivity index (χ3v) is 2.71. The number of nitrogen functional groups attached to an aromatic ring is 1. The van der Waals surface area contributed by atoms with Crippen LogP contribution in [-0.2, 0) is 4.79 Å². The van der Waals surface area contributed by atoms with Crippen molar-refractivity contribution in [1.82, 2.24) is 9.78 Å². The van der Waals surface area contributed by atoms with Crippen LogP contribution in [-0.4, -0.2) is 16.2 Å². The van der Waals surface area contributed by atoms with Gasteiger partial charge in [-0.2, -0.15) is 5.10 Å². The molecule has 0 radical (unpaired) electrons. The molecule has 2 aromatic rings. The van der Waals surface area contributed by atoms with E-state index in [0.717, 1.165) is 0 Å². The van der Waals surface area contributed by atoms with Crippen molar-refractivity contribution in [2.24, 2.45) is 0 Å². The Morgan fingerprint density at radius 1 is 1.41 bits per heavy atom. The second-order valence-corrected chi connectivity index (χ2v) is 4.06. The summed E-state index contributed by atoms with van der Waals surface area (Å²) in [5.74, 6) is 0.279. The van der Waals surface area contributed by atoms with Crippen LogP contribution in [0.2, 0.25) is 10.0 Å². The van der Waals surface area contributed by atoms with Crippen LogP contribution in [0.3, 0.4) is 0 Å². The minimum atomic E-state index is 0.279. The molecule has 0 aliphatic carbocycles. The fourth-order valence-corrected chi connectivity index (χ4v) is 1.74. The minimum absolute atomic E-state index is 0.279. The van der Waals surface area contributed by atoms with E-state index in [4.69, 9.17) is 28.9 Å². The van der Waals surface area contributed by atoms with Crippen molar-refractivity contribution in [3.63, 3.8) is 0 Å². The number of carbonyl (C=O) groups excluding carboxylic acids is 1. The molecule has 0 bridgehead atoms. The fraction of sp³-hybridized carbons (Fsp3) is 0. The number of hydrogen-bond donors (Lipinski definition) is 2. The molecular weight excluding hydrogens is 263 g/mol. The van der Waals surface area contributed by atoms with E-state index in [0.29, 0.717) is 27.8 Å². The van der Waals surface area contributed by atoms with Crippen LogP contribution >= 0.6 is 23.2 Å². The molecule has 1 aromatic heterocycles. The summed E-state index contributed by atoms with van der Waals surface area (Å²) in [6.07, 6.45) is 1.96. The molecule has 0 saturated carbocycles. The van der Waals surface area contributed by atoms with E-state index >= 15 is 0 Å². The average molecular weight is 271 g/mol. The predicted molar refractivity (Wildman–Crippen MR) is 67.7 cm³/mol. The quantitative estimate of drug-likeness (QED) is 0.841. The molecule has 3 N–H and O–H groups in total. The van der Waals surface area contributed by atoms with E-state index in [-0.39, 0.29) is 5.82 Å². The van der Waals surface area contributed by atoms with E-state index in [2.05, 4.69) is 10.4 Å². The van der Waals surface area contributed by atoms with Crippen LogP contribution in [0, 0.1) is 0 Å². The number of anilines is 2. The Balaban J connectivity index is 2.53. The lowest BCUT2D eigenvalue weighted by Gasteiger charge is -2.07. The first-order valence-electron chi connectivity index (χ1n) is 4.62. The molecule has 2 rings (SSSR count). The van der Waals surface area contributed by atoms with Gasteiger partial charge in [-0.3, -0.25) is 4.79 Å². The van der Waals surface area contributed by atoms with Gasteiger partial charge in [0.2, 0.25) is 6.41 Å². The normalized spacial score (nSPS) is 10.2. The van der Waals surface area contributed by atoms with Gasteiger partial charge in [-0.25, -0.2) is 4.68 Å². The molecule has 0 unspecified atom stereocenters. The molecule has 5 nitrogen and oxygen atoms in total. The highest BCUT2D eigenvalue weighted by molar-refractivity contribution is 6.34. The number of hydrogen-bond acceptors (Lipinski definition) is 3. The highest BCUT2D eigenvalue weighted by Crippen LogP contribution is 2.28. The van der Waals surface area contributed by atoms with E-state index in [1.807, 2.05) is 0 Å². The predicted octanol–water partition coefficient (Wildman–Crippen LogP) is 2.33. The zero-order valence-electron chi connectivity index (χ0n) is 8.52. The smallest absolute Gasteiger partial charge is 0.211 e. The first-order valence-corrected chi connectivity index (χ1v) is 5.38. The standard InChI is InChI=1S/C10H8Cl2N4O/c11-6-1-2-7(12)9(3-6)16-10(13)8(4-15-16)14-5-17/h1-5H,13H2,(H,14,17). The summed E-state index contributed by atoms with van der Waals surface area (Å²) in [5, 5.41) is 7.45. The molecule has 17 heavy (non-hydrogen) atoms. The Morgan fingerprint density at radius 2 is 2.18 bits per heavy atom. The number of aromatic nitrogens is 2. The minimum Gasteiger partial charge on any atom is -0.382 e. The first kappa shape index (κ1) is 11.8. The van der Waals surface area contributed by atoms with Crippen LogP contribution in [0.4, 0.5) is 11.5 Å². The Bertz CT molecular complexity index is 567. The number of nitrogens with zero attached hydrogens (tertiary/aromatic N) is 2. The summed E-state index contributed by atoms with van der Waals surface area (Å²) in [7, 11) is 0. The van der Waals surface area contributed by atoms with Crippen molar-refractivity contribution in [2.45, 2.75) is 0 Å². The highest BCUT2D eigenvalue weighted by atomic mass is 35.5. The second-order valence-electron chi connectivity index (χ2n) is 3.21. The van der Waals surface area contributed by atoms with Crippen molar-refractivity contribution in [3.8, 4) is 5.69 Å². The largest absolute Gasteiger partial charge is 0.382 e. The molecule has 7 heteroatoms. The number of halogens is 2. The van der Waals surface area contributed by atoms with Gasteiger partial charge in [0.1, 0.15) is 5.69 Å². The first-order chi connectivity index (χ1) is 8.13. The molecule has 0 saturated heterocycles. The molecule has 0 fully saturated rings. The van der Waals surface area contributed by atoms with Gasteiger partial charge in [0.15, 0.2) is 5.82 Å². The van der Waals surface area contributed by atoms with Gasteiger partial charge < -0.3 is 11.1 Å². The van der Waals surface area contributed by atoms with Crippen LogP contribution in [0.5, 0.6) is 0 Å². The van der Waals surface area contributed by atoms with Gasteiger partial charge in [0.05, 0.1) is 16.9 Å². The zero-order chi connectivity index (χ0) is 12.4. The Morgan fingerprint density at radius 3 is 2.88 bits per heavy atom. The SMILES string of the molecule is Nc1c(NC=O)cnn1-c1cc(Cl)ccc1Cl. The molecule has 1 amide bonds. The van der Waals surface area contributed by atoms with Crippen molar-refractivity contribution in [3.05, 3.63) is 34.4 Å². The molecule has 0 aliphatic heterocycles. The maximum Gasteiger partial charge on any atom is 0.211 e. The topological polar surface area (TPSA) is 72.9 Å². The van der Waals surface area contributed by atoms with Crippen LogP contribution < -0.4 is 11.1 Å². The lowest BCUT2D eigenvalue weighted by Crippen LogP contribution is -2.04. The molecule has 1 heterocycles. The fourth-order valence-electron chi connectivity index (χ4n) is 1.37. The van der Waals surface area contributed by atoms with Crippen molar-refractivity contribution < 1.29 is 4.79 Å². The van der Waals surface area contributed by atoms with Crippen LogP contribution in [0.25, 0.3) is 5.69 Å². The lowest BCUT2D eigenvalue weighted by atomic mass is 10.3. The van der Waals surface area contributed by atoms with Crippen molar-refractivity contribution in [1.29, 1.82) is 0 Å². The summed E-state index contributed by atoms with van der Waals surface area (Å²) in [6, 6.07) is 4.95. The van der Waals surface area contributed by atoms with Crippen molar-refractivity contribution >= 4 is 41.1 Å². The molecule has 0 atom stereocenters. The molecule has 0 spiro atoms. The van der Waals surface area contributed by atoms with Gasteiger partial charge in [0.25, 0.3) is 0 Å². The Labute approximate surface area is 107 Å². The maximum absolute atomic E-state index is 10.3. The van der Waals surface area contributed by atoms with Gasteiger partial charge in [-0.15, -0.1) is 0 Å².